The predicted octanol–water partition coefficient (Wildman–Crippen LogP) is 11.1. The van der Waals surface area contributed by atoms with Gasteiger partial charge in [0, 0.05) is 49.0 Å². The summed E-state index contributed by atoms with van der Waals surface area (Å²) < 4.78 is 7.88. The van der Waals surface area contributed by atoms with Crippen LogP contribution in [0, 0.1) is 0 Å². The average molecular weight is 683 g/mol. The van der Waals surface area contributed by atoms with Gasteiger partial charge in [-0.1, -0.05) is 119 Å². The Balaban J connectivity index is 1.29. The molecule has 1 aliphatic rings. The lowest BCUT2D eigenvalue weighted by Crippen LogP contribution is -2.19. The number of rotatable bonds is 6. The standard InChI is InChI=1S/C43H28BrN3O/c44-31-24-35(28-13-4-1-5-14-28)41-37(25-31)38-27-34(26-36(42(38)48-41)29-15-6-2-7-16-29)47(32-18-8-3-9-19-32)33-20-12-17-30(23-33)43-45-39-21-10-11-22-40(39)46-43/h1-27,43H. The highest BCUT2D eigenvalue weighted by Crippen LogP contribution is 2.46. The summed E-state index contributed by atoms with van der Waals surface area (Å²) >= 11 is 3.82. The Morgan fingerprint density at radius 3 is 1.67 bits per heavy atom. The van der Waals surface area contributed by atoms with Gasteiger partial charge in [-0.15, -0.1) is 0 Å². The maximum Gasteiger partial charge on any atom is 0.166 e. The molecule has 0 aliphatic carbocycles. The van der Waals surface area contributed by atoms with Crippen molar-refractivity contribution in [3.8, 4) is 22.3 Å². The van der Waals surface area contributed by atoms with Gasteiger partial charge >= 0.3 is 0 Å². The van der Waals surface area contributed by atoms with Gasteiger partial charge in [0.1, 0.15) is 11.2 Å². The molecule has 8 aromatic rings. The molecule has 0 spiro atoms. The van der Waals surface area contributed by atoms with Crippen LogP contribution in [0.5, 0.6) is 0 Å². The molecule has 0 amide bonds. The van der Waals surface area contributed by atoms with E-state index in [1.54, 1.807) is 0 Å². The summed E-state index contributed by atoms with van der Waals surface area (Å²) in [4.78, 5) is 12.2. The Morgan fingerprint density at radius 2 is 1.02 bits per heavy atom. The zero-order valence-electron chi connectivity index (χ0n) is 25.8. The van der Waals surface area contributed by atoms with Gasteiger partial charge in [0.2, 0.25) is 0 Å². The summed E-state index contributed by atoms with van der Waals surface area (Å²) in [6, 6.07) is 56.9. The third kappa shape index (κ3) is 5.00. The van der Waals surface area contributed by atoms with E-state index in [9.17, 15) is 0 Å². The van der Waals surface area contributed by atoms with Crippen molar-refractivity contribution < 1.29 is 4.42 Å². The number of nitrogens with zero attached hydrogens (tertiary/aromatic N) is 3. The fourth-order valence-corrected chi connectivity index (χ4v) is 7.15. The summed E-state index contributed by atoms with van der Waals surface area (Å²) in [5, 5.41) is 3.96. The van der Waals surface area contributed by atoms with Gasteiger partial charge < -0.3 is 9.32 Å². The van der Waals surface area contributed by atoms with Crippen LogP contribution in [0.4, 0.5) is 17.1 Å². The first kappa shape index (κ1) is 28.4. The SMILES string of the molecule is Brc1cc(-c2ccccc2)c2oc3c(-c4ccccc4)cc(N(c4ccccc4)c4cccc(C5N=c6ccccc6=N5)c4)cc3c2c1. The minimum Gasteiger partial charge on any atom is -0.455 e. The van der Waals surface area contributed by atoms with Gasteiger partial charge in [0.15, 0.2) is 6.17 Å². The Bertz CT molecular complexity index is 2550. The highest BCUT2D eigenvalue weighted by Gasteiger charge is 2.22. The molecular weight excluding hydrogens is 654 g/mol. The summed E-state index contributed by atoms with van der Waals surface area (Å²) in [5.41, 5.74) is 10.1. The molecule has 228 valence electrons. The quantitative estimate of drug-likeness (QED) is 0.175. The average Bonchev–Trinajstić information content (AvgIpc) is 3.75. The topological polar surface area (TPSA) is 41.1 Å². The van der Waals surface area contributed by atoms with Crippen molar-refractivity contribution in [3.63, 3.8) is 0 Å². The fourth-order valence-electron chi connectivity index (χ4n) is 6.70. The van der Waals surface area contributed by atoms with Crippen LogP contribution in [0.15, 0.2) is 183 Å². The predicted molar refractivity (Wildman–Crippen MR) is 198 cm³/mol. The fraction of sp³-hybridized carbons (Fsp3) is 0.0233. The van der Waals surface area contributed by atoms with Crippen molar-refractivity contribution in [2.24, 2.45) is 9.98 Å². The number of hydrogen-bond acceptors (Lipinski definition) is 4. The van der Waals surface area contributed by atoms with Gasteiger partial charge in [0.05, 0.1) is 10.7 Å². The minimum atomic E-state index is -0.283. The van der Waals surface area contributed by atoms with Crippen LogP contribution >= 0.6 is 15.9 Å². The van der Waals surface area contributed by atoms with Gasteiger partial charge in [-0.2, -0.15) is 0 Å². The molecule has 5 heteroatoms. The summed E-state index contributed by atoms with van der Waals surface area (Å²) in [5.74, 6) is 0. The molecule has 0 N–H and O–H groups in total. The molecule has 0 saturated carbocycles. The van der Waals surface area contributed by atoms with Crippen LogP contribution in [0.25, 0.3) is 44.2 Å². The van der Waals surface area contributed by atoms with Crippen LogP contribution in [-0.4, -0.2) is 0 Å². The second-order valence-electron chi connectivity index (χ2n) is 11.9. The van der Waals surface area contributed by atoms with Crippen LogP contribution in [0.1, 0.15) is 11.7 Å². The van der Waals surface area contributed by atoms with Gasteiger partial charge in [0.25, 0.3) is 0 Å². The van der Waals surface area contributed by atoms with Crippen LogP contribution in [-0.2, 0) is 0 Å². The molecule has 0 atom stereocenters. The van der Waals surface area contributed by atoms with E-state index in [0.29, 0.717) is 0 Å². The number of furan rings is 1. The van der Waals surface area contributed by atoms with E-state index in [0.717, 1.165) is 82.0 Å². The van der Waals surface area contributed by atoms with Crippen LogP contribution in [0.3, 0.4) is 0 Å². The van der Waals surface area contributed by atoms with Gasteiger partial charge in [-0.25, -0.2) is 0 Å². The molecule has 1 aliphatic heterocycles. The van der Waals surface area contributed by atoms with E-state index in [1.807, 2.05) is 36.4 Å². The third-order valence-electron chi connectivity index (χ3n) is 8.89. The van der Waals surface area contributed by atoms with Gasteiger partial charge in [-0.05, 0) is 71.8 Å². The highest BCUT2D eigenvalue weighted by atomic mass is 79.9. The lowest BCUT2D eigenvalue weighted by molar-refractivity contribution is 0.671. The van der Waals surface area contributed by atoms with Crippen molar-refractivity contribution >= 4 is 54.9 Å². The molecule has 0 fully saturated rings. The van der Waals surface area contributed by atoms with E-state index >= 15 is 0 Å². The van der Waals surface area contributed by atoms with Crippen molar-refractivity contribution in [1.29, 1.82) is 0 Å². The first-order valence-corrected chi connectivity index (χ1v) is 16.8. The van der Waals surface area contributed by atoms with E-state index < -0.39 is 0 Å². The number of fused-ring (bicyclic) bond motifs is 4. The Morgan fingerprint density at radius 1 is 0.479 bits per heavy atom. The zero-order valence-corrected chi connectivity index (χ0v) is 27.4. The molecule has 0 bridgehead atoms. The molecule has 0 unspecified atom stereocenters. The lowest BCUT2D eigenvalue weighted by atomic mass is 9.98. The normalized spacial score (nSPS) is 12.5. The maximum atomic E-state index is 6.88. The van der Waals surface area contributed by atoms with E-state index in [4.69, 9.17) is 14.4 Å². The number of para-hydroxylation sites is 3. The second kappa shape index (κ2) is 11.8. The molecule has 4 nitrogen and oxygen atoms in total. The van der Waals surface area contributed by atoms with Crippen molar-refractivity contribution in [3.05, 3.63) is 185 Å². The second-order valence-corrected chi connectivity index (χ2v) is 12.8. The molecular formula is C43H28BrN3O. The molecule has 2 heterocycles. The minimum absolute atomic E-state index is 0.283. The summed E-state index contributed by atoms with van der Waals surface area (Å²) in [6.07, 6.45) is -0.283. The zero-order chi connectivity index (χ0) is 32.0. The smallest absolute Gasteiger partial charge is 0.166 e. The van der Waals surface area contributed by atoms with Crippen molar-refractivity contribution in [2.75, 3.05) is 4.90 Å². The Kier molecular flexibility index (Phi) is 6.98. The molecule has 0 radical (unpaired) electrons. The molecule has 1 aromatic heterocycles. The highest BCUT2D eigenvalue weighted by molar-refractivity contribution is 9.10. The lowest BCUT2D eigenvalue weighted by Gasteiger charge is -2.27. The van der Waals surface area contributed by atoms with Crippen molar-refractivity contribution in [2.45, 2.75) is 6.17 Å². The summed E-state index contributed by atoms with van der Waals surface area (Å²) in [7, 11) is 0. The third-order valence-corrected chi connectivity index (χ3v) is 9.35. The summed E-state index contributed by atoms with van der Waals surface area (Å²) in [6.45, 7) is 0. The number of halogens is 1. The van der Waals surface area contributed by atoms with Crippen LogP contribution in [0.2, 0.25) is 0 Å². The first-order valence-electron chi connectivity index (χ1n) is 16.0. The number of hydrogen-bond donors (Lipinski definition) is 0. The Hall–Kier alpha value is -5.78. The number of anilines is 3. The van der Waals surface area contributed by atoms with E-state index in [-0.39, 0.29) is 6.17 Å². The van der Waals surface area contributed by atoms with E-state index in [2.05, 4.69) is 148 Å². The van der Waals surface area contributed by atoms with Crippen molar-refractivity contribution in [1.82, 2.24) is 0 Å². The van der Waals surface area contributed by atoms with Crippen LogP contribution < -0.4 is 15.6 Å². The number of benzene rings is 7. The molecule has 9 rings (SSSR count). The largest absolute Gasteiger partial charge is 0.455 e. The monoisotopic (exact) mass is 681 g/mol. The van der Waals surface area contributed by atoms with Gasteiger partial charge in [-0.3, -0.25) is 9.98 Å². The molecule has 0 saturated heterocycles. The Labute approximate surface area is 286 Å². The van der Waals surface area contributed by atoms with E-state index in [1.165, 1.54) is 0 Å². The first-order chi connectivity index (χ1) is 23.7. The molecule has 7 aromatic carbocycles. The maximum absolute atomic E-state index is 6.88. The molecule has 48 heavy (non-hydrogen) atoms.